The number of hydrogen-bond donors (Lipinski definition) is 1. The minimum atomic E-state index is 0. The fraction of sp³-hybridized carbons (Fsp3) is 0.500. The summed E-state index contributed by atoms with van der Waals surface area (Å²) in [5, 5.41) is 6.53. The van der Waals surface area contributed by atoms with Crippen LogP contribution in [0.2, 0.25) is 0 Å². The molecule has 0 unspecified atom stereocenters. The highest BCUT2D eigenvalue weighted by molar-refractivity contribution is 14.0. The Morgan fingerprint density at radius 2 is 2.03 bits per heavy atom. The third-order valence-electron chi connectivity index (χ3n) is 4.65. The van der Waals surface area contributed by atoms with Crippen LogP contribution in [0.15, 0.2) is 34.6 Å². The molecule has 9 heteroatoms. The Labute approximate surface area is 194 Å². The van der Waals surface area contributed by atoms with Crippen LogP contribution in [0.3, 0.4) is 0 Å². The maximum atomic E-state index is 5.35. The maximum absolute atomic E-state index is 5.35. The lowest BCUT2D eigenvalue weighted by molar-refractivity contribution is 0.372. The van der Waals surface area contributed by atoms with Crippen molar-refractivity contribution in [1.82, 2.24) is 15.2 Å². The minimum Gasteiger partial charge on any atom is -0.497 e. The highest BCUT2D eigenvalue weighted by Gasteiger charge is 2.20. The second-order valence-electron chi connectivity index (χ2n) is 6.86. The molecule has 1 saturated heterocycles. The number of methoxy groups -OCH3 is 1. The number of guanidine groups is 1. The quantitative estimate of drug-likeness (QED) is 0.352. The molecule has 1 fully saturated rings. The Balaban J connectivity index is 0.00000300. The van der Waals surface area contributed by atoms with Gasteiger partial charge in [-0.05, 0) is 19.1 Å². The van der Waals surface area contributed by atoms with E-state index in [1.165, 1.54) is 5.69 Å². The highest BCUT2D eigenvalue weighted by Crippen LogP contribution is 2.22. The van der Waals surface area contributed by atoms with Gasteiger partial charge in [0.05, 0.1) is 19.3 Å². The van der Waals surface area contributed by atoms with E-state index < -0.39 is 0 Å². The Kier molecular flexibility index (Phi) is 9.28. The first kappa shape index (κ1) is 23.5. The topological polar surface area (TPSA) is 56.2 Å². The molecule has 29 heavy (non-hydrogen) atoms. The zero-order valence-electron chi connectivity index (χ0n) is 17.6. The molecule has 1 N–H and O–H groups in total. The van der Waals surface area contributed by atoms with Crippen molar-refractivity contribution >= 4 is 52.1 Å². The molecule has 0 amide bonds. The predicted molar refractivity (Wildman–Crippen MR) is 133 cm³/mol. The monoisotopic (exact) mass is 530 g/mol. The Morgan fingerprint density at radius 3 is 2.66 bits per heavy atom. The van der Waals surface area contributed by atoms with Gasteiger partial charge in [-0.15, -0.1) is 35.3 Å². The number of thiazole rings is 1. The molecule has 1 aromatic heterocycles. The summed E-state index contributed by atoms with van der Waals surface area (Å²) < 4.78 is 5.35. The maximum Gasteiger partial charge on any atom is 0.194 e. The predicted octanol–water partition coefficient (Wildman–Crippen LogP) is 3.12. The van der Waals surface area contributed by atoms with Crippen LogP contribution in [0.25, 0.3) is 0 Å². The van der Waals surface area contributed by atoms with Crippen molar-refractivity contribution in [1.29, 1.82) is 0 Å². The summed E-state index contributed by atoms with van der Waals surface area (Å²) in [5.41, 5.74) is 2.22. The van der Waals surface area contributed by atoms with Crippen LogP contribution in [0, 0.1) is 0 Å². The van der Waals surface area contributed by atoms with Gasteiger partial charge < -0.3 is 24.8 Å². The van der Waals surface area contributed by atoms with E-state index in [0.29, 0.717) is 6.54 Å². The van der Waals surface area contributed by atoms with Crippen LogP contribution >= 0.6 is 35.3 Å². The molecule has 3 rings (SSSR count). The van der Waals surface area contributed by atoms with E-state index >= 15 is 0 Å². The summed E-state index contributed by atoms with van der Waals surface area (Å²) in [6.07, 6.45) is 0. The van der Waals surface area contributed by atoms with Gasteiger partial charge in [0.15, 0.2) is 11.1 Å². The smallest absolute Gasteiger partial charge is 0.194 e. The van der Waals surface area contributed by atoms with Crippen LogP contribution in [-0.4, -0.2) is 69.8 Å². The van der Waals surface area contributed by atoms with Crippen LogP contribution in [-0.2, 0) is 6.54 Å². The molecule has 2 aromatic rings. The van der Waals surface area contributed by atoms with Gasteiger partial charge >= 0.3 is 0 Å². The first-order valence-corrected chi connectivity index (χ1v) is 10.5. The van der Waals surface area contributed by atoms with Crippen molar-refractivity contribution in [2.75, 3.05) is 63.7 Å². The first-order valence-electron chi connectivity index (χ1n) is 9.64. The summed E-state index contributed by atoms with van der Waals surface area (Å²) in [4.78, 5) is 16.2. The molecule has 7 nitrogen and oxygen atoms in total. The lowest BCUT2D eigenvalue weighted by atomic mass is 10.2. The number of nitrogens with one attached hydrogen (secondary N) is 1. The summed E-state index contributed by atoms with van der Waals surface area (Å²) >= 11 is 1.65. The molecule has 1 aromatic carbocycles. The van der Waals surface area contributed by atoms with Crippen LogP contribution in [0.4, 0.5) is 10.8 Å². The van der Waals surface area contributed by atoms with Gasteiger partial charge in [0.1, 0.15) is 5.75 Å². The van der Waals surface area contributed by atoms with Crippen molar-refractivity contribution in [3.63, 3.8) is 0 Å². The Hall–Kier alpha value is -1.75. The van der Waals surface area contributed by atoms with Gasteiger partial charge in [0.2, 0.25) is 0 Å². The highest BCUT2D eigenvalue weighted by atomic mass is 127. The fourth-order valence-corrected chi connectivity index (χ4v) is 3.89. The molecule has 1 aliphatic rings. The molecule has 0 bridgehead atoms. The summed E-state index contributed by atoms with van der Waals surface area (Å²) in [6, 6.07) is 8.26. The molecule has 160 valence electrons. The van der Waals surface area contributed by atoms with E-state index in [4.69, 9.17) is 9.73 Å². The number of halogens is 1. The number of piperazine rings is 1. The van der Waals surface area contributed by atoms with Crippen molar-refractivity contribution < 1.29 is 4.74 Å². The van der Waals surface area contributed by atoms with Gasteiger partial charge in [0.25, 0.3) is 0 Å². The summed E-state index contributed by atoms with van der Waals surface area (Å²) in [5.74, 6) is 1.86. The number of anilines is 2. The zero-order valence-corrected chi connectivity index (χ0v) is 20.7. The fourth-order valence-electron chi connectivity index (χ4n) is 3.14. The second kappa shape index (κ2) is 11.4. The number of aromatic nitrogens is 1. The number of nitrogens with zero attached hydrogens (tertiary/aromatic N) is 5. The Morgan fingerprint density at radius 1 is 1.28 bits per heavy atom. The van der Waals surface area contributed by atoms with Gasteiger partial charge in [-0.25, -0.2) is 9.98 Å². The van der Waals surface area contributed by atoms with E-state index in [0.717, 1.165) is 55.3 Å². The molecule has 0 atom stereocenters. The number of aliphatic imine (C=N–C) groups is 1. The number of benzene rings is 1. The molecule has 0 radical (unpaired) electrons. The molecular formula is C20H31IN6OS. The minimum absolute atomic E-state index is 0. The van der Waals surface area contributed by atoms with E-state index in [1.807, 2.05) is 31.1 Å². The molecular weight excluding hydrogens is 499 g/mol. The second-order valence-corrected chi connectivity index (χ2v) is 7.70. The largest absolute Gasteiger partial charge is 0.497 e. The third kappa shape index (κ3) is 6.36. The van der Waals surface area contributed by atoms with Gasteiger partial charge in [-0.3, -0.25) is 0 Å². The summed E-state index contributed by atoms with van der Waals surface area (Å²) in [7, 11) is 5.73. The van der Waals surface area contributed by atoms with Gasteiger partial charge in [-0.1, -0.05) is 6.07 Å². The zero-order chi connectivity index (χ0) is 19.9. The van der Waals surface area contributed by atoms with Crippen molar-refractivity contribution in [3.8, 4) is 5.75 Å². The number of ether oxygens (including phenoxy) is 1. The van der Waals surface area contributed by atoms with Gasteiger partial charge in [-0.2, -0.15) is 0 Å². The van der Waals surface area contributed by atoms with Crippen molar-refractivity contribution in [2.24, 2.45) is 4.99 Å². The lowest BCUT2D eigenvalue weighted by Gasteiger charge is -2.37. The van der Waals surface area contributed by atoms with Gasteiger partial charge in [0, 0.05) is 64.0 Å². The van der Waals surface area contributed by atoms with E-state index in [2.05, 4.69) is 44.5 Å². The molecule has 0 spiro atoms. The molecule has 2 heterocycles. The van der Waals surface area contributed by atoms with Crippen molar-refractivity contribution in [3.05, 3.63) is 35.3 Å². The number of hydrogen-bond acceptors (Lipinski definition) is 6. The SMILES string of the molecule is CCNC(=NCc1csc(N(C)C)n1)N1CCN(c2cccc(OC)c2)CC1.I. The average molecular weight is 530 g/mol. The van der Waals surface area contributed by atoms with Crippen LogP contribution in [0.5, 0.6) is 5.75 Å². The van der Waals surface area contributed by atoms with Crippen molar-refractivity contribution in [2.45, 2.75) is 13.5 Å². The average Bonchev–Trinajstić information content (AvgIpc) is 3.21. The van der Waals surface area contributed by atoms with E-state index in [9.17, 15) is 0 Å². The van der Waals surface area contributed by atoms with Crippen LogP contribution < -0.4 is 19.9 Å². The molecule has 0 saturated carbocycles. The van der Waals surface area contributed by atoms with E-state index in [1.54, 1.807) is 18.4 Å². The standard InChI is InChI=1S/C20H30N6OS.HI/c1-5-21-19(22-14-16-15-28-20(23-16)24(2)3)26-11-9-25(10-12-26)17-7-6-8-18(13-17)27-4;/h6-8,13,15H,5,9-12,14H2,1-4H3,(H,21,22);1H. The number of rotatable bonds is 6. The lowest BCUT2D eigenvalue weighted by Crippen LogP contribution is -2.52. The first-order chi connectivity index (χ1) is 13.6. The van der Waals surface area contributed by atoms with E-state index in [-0.39, 0.29) is 24.0 Å². The Bertz CT molecular complexity index is 789. The molecule has 1 aliphatic heterocycles. The van der Waals surface area contributed by atoms with Crippen LogP contribution in [0.1, 0.15) is 12.6 Å². The third-order valence-corrected chi connectivity index (χ3v) is 5.70. The normalized spacial score (nSPS) is 14.4. The molecule has 0 aliphatic carbocycles. The summed E-state index contributed by atoms with van der Waals surface area (Å²) in [6.45, 7) is 7.34.